The Morgan fingerprint density at radius 2 is 1.86 bits per heavy atom. The summed E-state index contributed by atoms with van der Waals surface area (Å²) in [5.41, 5.74) is 3.57. The van der Waals surface area contributed by atoms with Crippen molar-refractivity contribution in [1.82, 2.24) is 4.98 Å². The monoisotopic (exact) mass is 295 g/mol. The fourth-order valence-electron chi connectivity index (χ4n) is 2.44. The first-order chi connectivity index (χ1) is 10.5. The van der Waals surface area contributed by atoms with Gasteiger partial charge in [0, 0.05) is 10.9 Å². The molecular formula is C18H14FNO2. The van der Waals surface area contributed by atoms with Crippen LogP contribution in [0.25, 0.3) is 22.2 Å². The molecule has 22 heavy (non-hydrogen) atoms. The Kier molecular flexibility index (Phi) is 3.37. The smallest absolute Gasteiger partial charge is 0.336 e. The van der Waals surface area contributed by atoms with Crippen molar-refractivity contribution < 1.29 is 14.3 Å². The zero-order valence-corrected chi connectivity index (χ0v) is 12.2. The maximum absolute atomic E-state index is 14.0. The standard InChI is InChI=1S/C18H14FNO2/c1-10-6-7-12(8-11(10)2)16-9-14(18(21)22)13-4-3-5-15(19)17(13)20-16/h3-9H,1-2H3,(H,21,22). The van der Waals surface area contributed by atoms with Gasteiger partial charge < -0.3 is 5.11 Å². The van der Waals surface area contributed by atoms with Crippen LogP contribution in [0.2, 0.25) is 0 Å². The molecular weight excluding hydrogens is 281 g/mol. The number of aromatic nitrogens is 1. The summed E-state index contributed by atoms with van der Waals surface area (Å²) in [5, 5.41) is 9.70. The Labute approximate surface area is 127 Å². The minimum absolute atomic E-state index is 0.0535. The second-order valence-corrected chi connectivity index (χ2v) is 5.30. The van der Waals surface area contributed by atoms with Gasteiger partial charge in [-0.05, 0) is 43.2 Å². The molecule has 0 amide bonds. The molecule has 0 unspecified atom stereocenters. The number of para-hydroxylation sites is 1. The van der Waals surface area contributed by atoms with Gasteiger partial charge in [0.05, 0.1) is 11.3 Å². The van der Waals surface area contributed by atoms with Crippen LogP contribution < -0.4 is 0 Å². The van der Waals surface area contributed by atoms with Crippen LogP contribution >= 0.6 is 0 Å². The fourth-order valence-corrected chi connectivity index (χ4v) is 2.44. The molecule has 0 bridgehead atoms. The van der Waals surface area contributed by atoms with E-state index in [4.69, 9.17) is 0 Å². The molecule has 0 saturated carbocycles. The number of carboxylic acid groups (broad SMARTS) is 1. The van der Waals surface area contributed by atoms with E-state index < -0.39 is 11.8 Å². The lowest BCUT2D eigenvalue weighted by molar-refractivity contribution is 0.0699. The van der Waals surface area contributed by atoms with Gasteiger partial charge in [-0.2, -0.15) is 0 Å². The van der Waals surface area contributed by atoms with E-state index in [1.54, 1.807) is 6.07 Å². The Bertz CT molecular complexity index is 903. The number of hydrogen-bond acceptors (Lipinski definition) is 2. The molecule has 0 aliphatic heterocycles. The number of hydrogen-bond donors (Lipinski definition) is 1. The predicted molar refractivity (Wildman–Crippen MR) is 83.6 cm³/mol. The van der Waals surface area contributed by atoms with Gasteiger partial charge in [-0.3, -0.25) is 0 Å². The highest BCUT2D eigenvalue weighted by molar-refractivity contribution is 6.03. The van der Waals surface area contributed by atoms with Gasteiger partial charge >= 0.3 is 5.97 Å². The van der Waals surface area contributed by atoms with Crippen LogP contribution in [0.3, 0.4) is 0 Å². The highest BCUT2D eigenvalue weighted by atomic mass is 19.1. The molecule has 0 aliphatic rings. The second kappa shape index (κ2) is 5.22. The van der Waals surface area contributed by atoms with Crippen molar-refractivity contribution in [3.05, 3.63) is 65.0 Å². The maximum Gasteiger partial charge on any atom is 0.336 e. The number of carbonyl (C=O) groups is 1. The zero-order valence-electron chi connectivity index (χ0n) is 12.2. The molecule has 3 rings (SSSR count). The van der Waals surface area contributed by atoms with Gasteiger partial charge in [0.1, 0.15) is 11.3 Å². The molecule has 0 aliphatic carbocycles. The SMILES string of the molecule is Cc1ccc(-c2cc(C(=O)O)c3cccc(F)c3n2)cc1C. The van der Waals surface area contributed by atoms with Crippen molar-refractivity contribution in [1.29, 1.82) is 0 Å². The summed E-state index contributed by atoms with van der Waals surface area (Å²) in [6.45, 7) is 3.97. The van der Waals surface area contributed by atoms with E-state index >= 15 is 0 Å². The number of carboxylic acids is 1. The predicted octanol–water partition coefficient (Wildman–Crippen LogP) is 4.36. The van der Waals surface area contributed by atoms with E-state index in [1.165, 1.54) is 18.2 Å². The number of fused-ring (bicyclic) bond motifs is 1. The van der Waals surface area contributed by atoms with E-state index in [9.17, 15) is 14.3 Å². The average Bonchev–Trinajstić information content (AvgIpc) is 2.49. The first-order valence-corrected chi connectivity index (χ1v) is 6.87. The average molecular weight is 295 g/mol. The number of pyridine rings is 1. The van der Waals surface area contributed by atoms with Crippen molar-refractivity contribution in [3.8, 4) is 11.3 Å². The molecule has 110 valence electrons. The summed E-state index contributed by atoms with van der Waals surface area (Å²) in [6.07, 6.45) is 0. The first kappa shape index (κ1) is 14.2. The number of halogens is 1. The van der Waals surface area contributed by atoms with Gasteiger partial charge in [-0.15, -0.1) is 0 Å². The van der Waals surface area contributed by atoms with Crippen LogP contribution in [-0.2, 0) is 0 Å². The molecule has 1 heterocycles. The third kappa shape index (κ3) is 2.33. The quantitative estimate of drug-likeness (QED) is 0.764. The van der Waals surface area contributed by atoms with Gasteiger partial charge in [-0.25, -0.2) is 14.2 Å². The third-order valence-electron chi connectivity index (χ3n) is 3.82. The molecule has 0 spiro atoms. The van der Waals surface area contributed by atoms with E-state index in [1.807, 2.05) is 32.0 Å². The van der Waals surface area contributed by atoms with Crippen LogP contribution in [0.15, 0.2) is 42.5 Å². The number of benzene rings is 2. The number of rotatable bonds is 2. The Morgan fingerprint density at radius 3 is 2.55 bits per heavy atom. The minimum atomic E-state index is -1.09. The van der Waals surface area contributed by atoms with Crippen LogP contribution in [0.4, 0.5) is 4.39 Å². The topological polar surface area (TPSA) is 50.2 Å². The van der Waals surface area contributed by atoms with E-state index in [-0.39, 0.29) is 11.1 Å². The molecule has 1 N–H and O–H groups in total. The molecule has 0 atom stereocenters. The molecule has 3 aromatic rings. The summed E-state index contributed by atoms with van der Waals surface area (Å²) in [6, 6.07) is 11.6. The van der Waals surface area contributed by atoms with Crippen molar-refractivity contribution in [2.75, 3.05) is 0 Å². The van der Waals surface area contributed by atoms with Crippen molar-refractivity contribution >= 4 is 16.9 Å². The van der Waals surface area contributed by atoms with Crippen molar-refractivity contribution in [2.24, 2.45) is 0 Å². The Morgan fingerprint density at radius 1 is 1.09 bits per heavy atom. The third-order valence-corrected chi connectivity index (χ3v) is 3.82. The first-order valence-electron chi connectivity index (χ1n) is 6.87. The lowest BCUT2D eigenvalue weighted by atomic mass is 10.0. The van der Waals surface area contributed by atoms with Crippen molar-refractivity contribution in [3.63, 3.8) is 0 Å². The molecule has 0 radical (unpaired) electrons. The largest absolute Gasteiger partial charge is 0.478 e. The summed E-state index contributed by atoms with van der Waals surface area (Å²) < 4.78 is 14.0. The normalized spacial score (nSPS) is 10.9. The summed E-state index contributed by atoms with van der Waals surface area (Å²) >= 11 is 0. The molecule has 0 saturated heterocycles. The molecule has 3 nitrogen and oxygen atoms in total. The Balaban J connectivity index is 2.33. The highest BCUT2D eigenvalue weighted by Gasteiger charge is 2.15. The second-order valence-electron chi connectivity index (χ2n) is 5.30. The molecule has 1 aromatic heterocycles. The summed E-state index contributed by atoms with van der Waals surface area (Å²) in [5.74, 6) is -1.62. The molecule has 4 heteroatoms. The summed E-state index contributed by atoms with van der Waals surface area (Å²) in [7, 11) is 0. The number of aryl methyl sites for hydroxylation is 2. The number of aromatic carboxylic acids is 1. The van der Waals surface area contributed by atoms with Crippen LogP contribution in [-0.4, -0.2) is 16.1 Å². The lowest BCUT2D eigenvalue weighted by Crippen LogP contribution is -2.01. The van der Waals surface area contributed by atoms with E-state index in [0.717, 1.165) is 16.7 Å². The van der Waals surface area contributed by atoms with Gasteiger partial charge in [0.15, 0.2) is 0 Å². The maximum atomic E-state index is 14.0. The van der Waals surface area contributed by atoms with E-state index in [2.05, 4.69) is 4.98 Å². The summed E-state index contributed by atoms with van der Waals surface area (Å²) in [4.78, 5) is 15.8. The van der Waals surface area contributed by atoms with Crippen molar-refractivity contribution in [2.45, 2.75) is 13.8 Å². The van der Waals surface area contributed by atoms with Crippen LogP contribution in [0.5, 0.6) is 0 Å². The van der Waals surface area contributed by atoms with Gasteiger partial charge in [0.2, 0.25) is 0 Å². The minimum Gasteiger partial charge on any atom is -0.478 e. The van der Waals surface area contributed by atoms with Crippen LogP contribution in [0.1, 0.15) is 21.5 Å². The molecule has 0 fully saturated rings. The van der Waals surface area contributed by atoms with E-state index in [0.29, 0.717) is 11.1 Å². The molecule has 2 aromatic carbocycles. The zero-order chi connectivity index (χ0) is 15.9. The van der Waals surface area contributed by atoms with Gasteiger partial charge in [-0.1, -0.05) is 24.3 Å². The Hall–Kier alpha value is -2.75. The fraction of sp³-hybridized carbons (Fsp3) is 0.111. The van der Waals surface area contributed by atoms with Crippen LogP contribution in [0, 0.1) is 19.7 Å². The lowest BCUT2D eigenvalue weighted by Gasteiger charge is -2.09. The highest BCUT2D eigenvalue weighted by Crippen LogP contribution is 2.27. The number of nitrogens with zero attached hydrogens (tertiary/aromatic N) is 1. The van der Waals surface area contributed by atoms with Gasteiger partial charge in [0.25, 0.3) is 0 Å².